The van der Waals surface area contributed by atoms with Crippen molar-refractivity contribution in [3.8, 4) is 11.5 Å². The van der Waals surface area contributed by atoms with Crippen LogP contribution in [0.25, 0.3) is 22.4 Å². The Kier molecular flexibility index (Phi) is 4.04. The predicted molar refractivity (Wildman–Crippen MR) is 99.6 cm³/mol. The molecule has 27 heavy (non-hydrogen) atoms. The SMILES string of the molecule is Cc1ccc(C)c(-c2nnc(NC(=O)c3coc4ccccc4c3=O)o2)c1. The first kappa shape index (κ1) is 16.7. The number of hydrogen-bond acceptors (Lipinski definition) is 6. The zero-order chi connectivity index (χ0) is 19.0. The Hall–Kier alpha value is -3.74. The van der Waals surface area contributed by atoms with Gasteiger partial charge in [-0.15, -0.1) is 5.10 Å². The molecule has 2 aromatic carbocycles. The number of carbonyl (C=O) groups excluding carboxylic acids is 1. The Morgan fingerprint density at radius 3 is 2.74 bits per heavy atom. The normalized spacial score (nSPS) is 10.9. The van der Waals surface area contributed by atoms with Gasteiger partial charge in [-0.3, -0.25) is 14.9 Å². The van der Waals surface area contributed by atoms with Gasteiger partial charge in [-0.2, -0.15) is 0 Å². The molecule has 0 radical (unpaired) electrons. The zero-order valence-electron chi connectivity index (χ0n) is 14.6. The van der Waals surface area contributed by atoms with Gasteiger partial charge in [0, 0.05) is 5.56 Å². The van der Waals surface area contributed by atoms with E-state index in [-0.39, 0.29) is 17.5 Å². The molecule has 0 aliphatic rings. The lowest BCUT2D eigenvalue weighted by atomic mass is 10.1. The molecule has 0 unspecified atom stereocenters. The summed E-state index contributed by atoms with van der Waals surface area (Å²) in [5.74, 6) is -0.386. The highest BCUT2D eigenvalue weighted by Crippen LogP contribution is 2.24. The fourth-order valence-electron chi connectivity index (χ4n) is 2.75. The van der Waals surface area contributed by atoms with Crippen LogP contribution >= 0.6 is 0 Å². The van der Waals surface area contributed by atoms with Gasteiger partial charge in [0.1, 0.15) is 17.4 Å². The minimum atomic E-state index is -0.675. The van der Waals surface area contributed by atoms with E-state index in [1.807, 2.05) is 32.0 Å². The maximum atomic E-state index is 12.5. The summed E-state index contributed by atoms with van der Waals surface area (Å²) in [7, 11) is 0. The van der Waals surface area contributed by atoms with Crippen molar-refractivity contribution in [2.75, 3.05) is 5.32 Å². The fraction of sp³-hybridized carbons (Fsp3) is 0.100. The standard InChI is InChI=1S/C20H15N3O4/c1-11-7-8-12(2)14(9-11)19-22-23-20(27-19)21-18(25)15-10-26-16-6-4-3-5-13(16)17(15)24/h3-10H,1-2H3,(H,21,23,25). The molecule has 4 rings (SSSR count). The molecule has 0 aliphatic carbocycles. The third kappa shape index (κ3) is 3.10. The number of nitrogens with one attached hydrogen (secondary N) is 1. The molecule has 0 atom stereocenters. The van der Waals surface area contributed by atoms with Gasteiger partial charge >= 0.3 is 6.01 Å². The number of rotatable bonds is 3. The average molecular weight is 361 g/mol. The average Bonchev–Trinajstić information content (AvgIpc) is 3.12. The maximum absolute atomic E-state index is 12.5. The Bertz CT molecular complexity index is 1220. The van der Waals surface area contributed by atoms with E-state index in [4.69, 9.17) is 8.83 Å². The highest BCUT2D eigenvalue weighted by molar-refractivity contribution is 6.04. The lowest BCUT2D eigenvalue weighted by Gasteiger charge is -2.03. The molecular weight excluding hydrogens is 346 g/mol. The lowest BCUT2D eigenvalue weighted by molar-refractivity contribution is 0.102. The first-order valence-corrected chi connectivity index (χ1v) is 8.26. The number of aryl methyl sites for hydroxylation is 2. The number of aromatic nitrogens is 2. The maximum Gasteiger partial charge on any atom is 0.322 e. The highest BCUT2D eigenvalue weighted by atomic mass is 16.4. The number of hydrogen-bond donors (Lipinski definition) is 1. The van der Waals surface area contributed by atoms with Crippen molar-refractivity contribution in [3.63, 3.8) is 0 Å². The second-order valence-electron chi connectivity index (χ2n) is 6.16. The molecule has 7 nitrogen and oxygen atoms in total. The molecule has 0 fully saturated rings. The van der Waals surface area contributed by atoms with E-state index in [0.717, 1.165) is 23.0 Å². The summed E-state index contributed by atoms with van der Waals surface area (Å²) in [6.45, 7) is 3.89. The van der Waals surface area contributed by atoms with Crippen LogP contribution in [-0.2, 0) is 0 Å². The Labute approximate surface area is 153 Å². The number of amides is 1. The number of carbonyl (C=O) groups is 1. The fourth-order valence-corrected chi connectivity index (χ4v) is 2.75. The van der Waals surface area contributed by atoms with E-state index >= 15 is 0 Å². The summed E-state index contributed by atoms with van der Waals surface area (Å²) < 4.78 is 10.9. The summed E-state index contributed by atoms with van der Waals surface area (Å²) in [5.41, 5.74) is 2.65. The molecule has 4 aromatic rings. The van der Waals surface area contributed by atoms with Gasteiger partial charge in [0.15, 0.2) is 0 Å². The molecule has 0 saturated carbocycles. The third-order valence-corrected chi connectivity index (χ3v) is 4.19. The number of benzene rings is 2. The van der Waals surface area contributed by atoms with Crippen LogP contribution in [0.5, 0.6) is 0 Å². The van der Waals surface area contributed by atoms with E-state index in [9.17, 15) is 9.59 Å². The third-order valence-electron chi connectivity index (χ3n) is 4.19. The van der Waals surface area contributed by atoms with Gasteiger partial charge in [-0.1, -0.05) is 34.9 Å². The van der Waals surface area contributed by atoms with Crippen LogP contribution in [0.15, 0.2) is 62.4 Å². The number of fused-ring (bicyclic) bond motifs is 1. The van der Waals surface area contributed by atoms with Gasteiger partial charge < -0.3 is 8.83 Å². The smallest absolute Gasteiger partial charge is 0.322 e. The van der Waals surface area contributed by atoms with Crippen molar-refractivity contribution in [2.24, 2.45) is 0 Å². The van der Waals surface area contributed by atoms with E-state index in [0.29, 0.717) is 11.0 Å². The van der Waals surface area contributed by atoms with E-state index in [1.54, 1.807) is 24.3 Å². The molecule has 0 saturated heterocycles. The minimum absolute atomic E-state index is 0.0940. The van der Waals surface area contributed by atoms with Crippen molar-refractivity contribution < 1.29 is 13.6 Å². The lowest BCUT2D eigenvalue weighted by Crippen LogP contribution is -2.21. The van der Waals surface area contributed by atoms with Crippen LogP contribution in [0.1, 0.15) is 21.5 Å². The van der Waals surface area contributed by atoms with Crippen LogP contribution in [0, 0.1) is 13.8 Å². The number of anilines is 1. The van der Waals surface area contributed by atoms with Crippen molar-refractivity contribution in [1.29, 1.82) is 0 Å². The second kappa shape index (κ2) is 6.53. The van der Waals surface area contributed by atoms with Gasteiger partial charge in [0.25, 0.3) is 5.91 Å². The van der Waals surface area contributed by atoms with E-state index in [2.05, 4.69) is 15.5 Å². The topological polar surface area (TPSA) is 98.2 Å². The van der Waals surface area contributed by atoms with Gasteiger partial charge in [-0.25, -0.2) is 0 Å². The molecule has 1 N–H and O–H groups in total. The van der Waals surface area contributed by atoms with Crippen LogP contribution in [-0.4, -0.2) is 16.1 Å². The van der Waals surface area contributed by atoms with Crippen molar-refractivity contribution in [1.82, 2.24) is 10.2 Å². The van der Waals surface area contributed by atoms with Gasteiger partial charge in [0.2, 0.25) is 11.3 Å². The molecule has 134 valence electrons. The summed E-state index contributed by atoms with van der Waals surface area (Å²) >= 11 is 0. The quantitative estimate of drug-likeness (QED) is 0.597. The minimum Gasteiger partial charge on any atom is -0.463 e. The largest absolute Gasteiger partial charge is 0.463 e. The molecule has 7 heteroatoms. The van der Waals surface area contributed by atoms with Gasteiger partial charge in [-0.05, 0) is 37.6 Å². The van der Waals surface area contributed by atoms with Crippen molar-refractivity contribution in [3.05, 3.63) is 75.6 Å². The predicted octanol–water partition coefficient (Wildman–Crippen LogP) is 3.71. The second-order valence-corrected chi connectivity index (χ2v) is 6.16. The Morgan fingerprint density at radius 1 is 1.07 bits per heavy atom. The van der Waals surface area contributed by atoms with Crippen LogP contribution in [0.4, 0.5) is 6.01 Å². The Balaban J connectivity index is 1.63. The van der Waals surface area contributed by atoms with Gasteiger partial charge in [0.05, 0.1) is 5.39 Å². The number of nitrogens with zero attached hydrogens (tertiary/aromatic N) is 2. The zero-order valence-corrected chi connectivity index (χ0v) is 14.6. The highest BCUT2D eigenvalue weighted by Gasteiger charge is 2.18. The van der Waals surface area contributed by atoms with Crippen LogP contribution in [0.3, 0.4) is 0 Å². The van der Waals surface area contributed by atoms with Crippen molar-refractivity contribution in [2.45, 2.75) is 13.8 Å². The van der Waals surface area contributed by atoms with E-state index in [1.165, 1.54) is 0 Å². The number of para-hydroxylation sites is 1. The summed E-state index contributed by atoms with van der Waals surface area (Å²) in [6.07, 6.45) is 1.13. The first-order valence-electron chi connectivity index (χ1n) is 8.26. The molecule has 0 aliphatic heterocycles. The Morgan fingerprint density at radius 2 is 1.89 bits per heavy atom. The monoisotopic (exact) mass is 361 g/mol. The molecule has 0 spiro atoms. The summed E-state index contributed by atoms with van der Waals surface area (Å²) in [6, 6.07) is 12.5. The summed E-state index contributed by atoms with van der Waals surface area (Å²) in [5, 5.41) is 10.6. The van der Waals surface area contributed by atoms with Crippen LogP contribution < -0.4 is 10.7 Å². The molecular formula is C20H15N3O4. The summed E-state index contributed by atoms with van der Waals surface area (Å²) in [4.78, 5) is 24.9. The molecule has 2 aromatic heterocycles. The first-order chi connectivity index (χ1) is 13.0. The van der Waals surface area contributed by atoms with Crippen molar-refractivity contribution >= 4 is 22.9 Å². The van der Waals surface area contributed by atoms with E-state index < -0.39 is 11.3 Å². The molecule has 0 bridgehead atoms. The molecule has 2 heterocycles. The molecule has 1 amide bonds. The van der Waals surface area contributed by atoms with Crippen LogP contribution in [0.2, 0.25) is 0 Å².